The molecule has 0 spiro atoms. The molecule has 4 rings (SSSR count). The first-order chi connectivity index (χ1) is 15.8. The topological polar surface area (TPSA) is 89.0 Å². The highest BCUT2D eigenvalue weighted by Crippen LogP contribution is 2.48. The number of ketones is 1. The molecule has 3 aromatic rings. The molecule has 1 N–H and O–H groups in total. The number of halogens is 1. The van der Waals surface area contributed by atoms with Crippen LogP contribution in [0.3, 0.4) is 0 Å². The molecular formula is C24H21FN2O5S. The van der Waals surface area contributed by atoms with Crippen molar-refractivity contribution in [1.29, 1.82) is 0 Å². The predicted molar refractivity (Wildman–Crippen MR) is 122 cm³/mol. The normalized spacial score (nSPS) is 17.5. The SMILES string of the molecule is COc1cccc(C2C(=C(O)c3ccc(F)cc3)C(=O)C(=O)N2c2nc(C)c(C)s2)c1OC. The number of Topliss-reactive ketones (excluding diaryl/α,β-unsaturated/α-hetero) is 1. The molecule has 0 saturated carbocycles. The maximum absolute atomic E-state index is 13.4. The minimum absolute atomic E-state index is 0.149. The van der Waals surface area contributed by atoms with Crippen LogP contribution in [0.5, 0.6) is 11.5 Å². The Bertz CT molecular complexity index is 1260. The van der Waals surface area contributed by atoms with E-state index >= 15 is 0 Å². The van der Waals surface area contributed by atoms with E-state index in [4.69, 9.17) is 9.47 Å². The summed E-state index contributed by atoms with van der Waals surface area (Å²) in [6.45, 7) is 3.68. The van der Waals surface area contributed by atoms with Gasteiger partial charge < -0.3 is 14.6 Å². The Morgan fingerprint density at radius 2 is 1.79 bits per heavy atom. The maximum atomic E-state index is 13.4. The van der Waals surface area contributed by atoms with Crippen molar-refractivity contribution in [1.82, 2.24) is 4.98 Å². The van der Waals surface area contributed by atoms with Gasteiger partial charge in [0.05, 0.1) is 25.5 Å². The van der Waals surface area contributed by atoms with Gasteiger partial charge in [0.1, 0.15) is 17.6 Å². The molecule has 7 nitrogen and oxygen atoms in total. The molecule has 2 aromatic carbocycles. The van der Waals surface area contributed by atoms with Gasteiger partial charge in [-0.1, -0.05) is 12.1 Å². The van der Waals surface area contributed by atoms with Gasteiger partial charge in [-0.2, -0.15) is 0 Å². The summed E-state index contributed by atoms with van der Waals surface area (Å²) in [5, 5.41) is 11.4. The number of methoxy groups -OCH3 is 2. The number of aliphatic hydroxyl groups excluding tert-OH is 1. The Kier molecular flexibility index (Phi) is 5.90. The number of para-hydroxylation sites is 1. The molecule has 0 bridgehead atoms. The number of carbonyl (C=O) groups is 2. The lowest BCUT2D eigenvalue weighted by atomic mass is 9.94. The molecule has 1 aliphatic rings. The number of carbonyl (C=O) groups excluding carboxylic acids is 2. The fourth-order valence-electron chi connectivity index (χ4n) is 3.77. The third-order valence-electron chi connectivity index (χ3n) is 5.51. The van der Waals surface area contributed by atoms with Gasteiger partial charge in [0.2, 0.25) is 0 Å². The van der Waals surface area contributed by atoms with Crippen LogP contribution in [0.15, 0.2) is 48.0 Å². The van der Waals surface area contributed by atoms with E-state index < -0.39 is 29.3 Å². The highest BCUT2D eigenvalue weighted by molar-refractivity contribution is 7.16. The molecule has 1 saturated heterocycles. The smallest absolute Gasteiger partial charge is 0.301 e. The Hall–Kier alpha value is -3.72. The summed E-state index contributed by atoms with van der Waals surface area (Å²) in [5.74, 6) is -1.91. The van der Waals surface area contributed by atoms with Gasteiger partial charge >= 0.3 is 5.91 Å². The second kappa shape index (κ2) is 8.67. The molecule has 1 aliphatic heterocycles. The fourth-order valence-corrected chi connectivity index (χ4v) is 4.71. The van der Waals surface area contributed by atoms with E-state index in [2.05, 4.69) is 4.98 Å². The molecule has 170 valence electrons. The zero-order valence-electron chi connectivity index (χ0n) is 18.4. The average Bonchev–Trinajstić information content (AvgIpc) is 3.28. The van der Waals surface area contributed by atoms with Gasteiger partial charge in [-0.25, -0.2) is 9.37 Å². The summed E-state index contributed by atoms with van der Waals surface area (Å²) in [4.78, 5) is 33.1. The zero-order valence-corrected chi connectivity index (χ0v) is 19.2. The number of amides is 1. The summed E-state index contributed by atoms with van der Waals surface area (Å²) in [6, 6.07) is 9.06. The van der Waals surface area contributed by atoms with Crippen LogP contribution in [-0.2, 0) is 9.59 Å². The summed E-state index contributed by atoms with van der Waals surface area (Å²) in [7, 11) is 2.93. The molecule has 1 fully saturated rings. The number of benzene rings is 2. The minimum Gasteiger partial charge on any atom is -0.507 e. The number of nitrogens with zero attached hydrogens (tertiary/aromatic N) is 2. The van der Waals surface area contributed by atoms with Crippen molar-refractivity contribution in [3.8, 4) is 11.5 Å². The van der Waals surface area contributed by atoms with Crippen LogP contribution in [0.1, 0.15) is 27.7 Å². The quantitative estimate of drug-likeness (QED) is 0.336. The number of hydrogen-bond donors (Lipinski definition) is 1. The highest BCUT2D eigenvalue weighted by atomic mass is 32.1. The van der Waals surface area contributed by atoms with E-state index in [1.807, 2.05) is 13.8 Å². The second-order valence-corrected chi connectivity index (χ2v) is 8.58. The third kappa shape index (κ3) is 3.74. The number of rotatable bonds is 5. The molecule has 1 unspecified atom stereocenters. The van der Waals surface area contributed by atoms with Crippen LogP contribution in [-0.4, -0.2) is 36.0 Å². The highest BCUT2D eigenvalue weighted by Gasteiger charge is 2.49. The van der Waals surface area contributed by atoms with Crippen LogP contribution in [0.4, 0.5) is 9.52 Å². The van der Waals surface area contributed by atoms with Gasteiger partial charge in [0.15, 0.2) is 16.6 Å². The summed E-state index contributed by atoms with van der Waals surface area (Å²) < 4.78 is 24.4. The maximum Gasteiger partial charge on any atom is 0.301 e. The number of hydrogen-bond acceptors (Lipinski definition) is 7. The summed E-state index contributed by atoms with van der Waals surface area (Å²) >= 11 is 1.27. The second-order valence-electron chi connectivity index (χ2n) is 7.40. The van der Waals surface area contributed by atoms with Crippen LogP contribution < -0.4 is 14.4 Å². The lowest BCUT2D eigenvalue weighted by Gasteiger charge is -2.25. The van der Waals surface area contributed by atoms with Crippen molar-refractivity contribution in [2.24, 2.45) is 0 Å². The van der Waals surface area contributed by atoms with Crippen molar-refractivity contribution in [3.63, 3.8) is 0 Å². The Labute approximate surface area is 193 Å². The molecule has 1 aromatic heterocycles. The first kappa shape index (κ1) is 22.5. The number of aromatic nitrogens is 1. The van der Waals surface area contributed by atoms with Gasteiger partial charge in [0.25, 0.3) is 5.78 Å². The number of anilines is 1. The molecular weight excluding hydrogens is 447 g/mol. The molecule has 33 heavy (non-hydrogen) atoms. The molecule has 0 aliphatic carbocycles. The van der Waals surface area contributed by atoms with Crippen LogP contribution in [0.25, 0.3) is 5.76 Å². The van der Waals surface area contributed by atoms with Gasteiger partial charge in [-0.3, -0.25) is 14.5 Å². The fraction of sp³-hybridized carbons (Fsp3) is 0.208. The molecule has 1 amide bonds. The van der Waals surface area contributed by atoms with Gasteiger partial charge in [-0.15, -0.1) is 11.3 Å². The van der Waals surface area contributed by atoms with E-state index in [9.17, 15) is 19.1 Å². The van der Waals surface area contributed by atoms with Crippen molar-refractivity contribution in [2.45, 2.75) is 19.9 Å². The number of thiazole rings is 1. The minimum atomic E-state index is -1.04. The van der Waals surface area contributed by atoms with Crippen LogP contribution >= 0.6 is 11.3 Å². The third-order valence-corrected chi connectivity index (χ3v) is 6.59. The first-order valence-corrected chi connectivity index (χ1v) is 10.8. The average molecular weight is 469 g/mol. The number of aliphatic hydroxyl groups is 1. The van der Waals surface area contributed by atoms with Crippen molar-refractivity contribution in [3.05, 3.63) is 75.6 Å². The molecule has 1 atom stereocenters. The Morgan fingerprint density at radius 1 is 1.09 bits per heavy atom. The monoisotopic (exact) mass is 468 g/mol. The first-order valence-electron chi connectivity index (χ1n) is 10.00. The van der Waals surface area contributed by atoms with E-state index in [1.165, 1.54) is 54.7 Å². The summed E-state index contributed by atoms with van der Waals surface area (Å²) in [6.07, 6.45) is 0. The van der Waals surface area contributed by atoms with E-state index in [-0.39, 0.29) is 11.1 Å². The predicted octanol–water partition coefficient (Wildman–Crippen LogP) is 4.54. The summed E-state index contributed by atoms with van der Waals surface area (Å²) in [5.41, 5.74) is 1.22. The van der Waals surface area contributed by atoms with Crippen molar-refractivity contribution < 1.29 is 28.6 Å². The van der Waals surface area contributed by atoms with Crippen molar-refractivity contribution >= 4 is 33.9 Å². The lowest BCUT2D eigenvalue weighted by molar-refractivity contribution is -0.132. The van der Waals surface area contributed by atoms with Crippen LogP contribution in [0.2, 0.25) is 0 Å². The largest absolute Gasteiger partial charge is 0.507 e. The molecule has 9 heteroatoms. The van der Waals surface area contributed by atoms with Crippen LogP contribution in [0, 0.1) is 19.7 Å². The van der Waals surface area contributed by atoms with Crippen molar-refractivity contribution in [2.75, 3.05) is 19.1 Å². The zero-order chi connectivity index (χ0) is 23.9. The van der Waals surface area contributed by atoms with E-state index in [0.717, 1.165) is 10.6 Å². The van der Waals surface area contributed by atoms with E-state index in [1.54, 1.807) is 18.2 Å². The van der Waals surface area contributed by atoms with Gasteiger partial charge in [-0.05, 0) is 44.2 Å². The Balaban J connectivity index is 2.02. The number of aryl methyl sites for hydroxylation is 2. The number of ether oxygens (including phenoxy) is 2. The standard InChI is InChI=1S/C24H21FN2O5S/c1-12-13(2)33-24(26-12)27-19(16-6-5-7-17(31-3)22(16)32-4)18(21(29)23(27)30)20(28)14-8-10-15(25)11-9-14/h5-11,19,28H,1-4H3. The lowest BCUT2D eigenvalue weighted by Crippen LogP contribution is -2.29. The molecule has 2 heterocycles. The molecule has 0 radical (unpaired) electrons. The Morgan fingerprint density at radius 3 is 2.36 bits per heavy atom. The van der Waals surface area contributed by atoms with E-state index in [0.29, 0.717) is 22.2 Å². The van der Waals surface area contributed by atoms with Gasteiger partial charge in [0, 0.05) is 16.0 Å².